The second kappa shape index (κ2) is 6.41. The predicted molar refractivity (Wildman–Crippen MR) is 117 cm³/mol. The summed E-state index contributed by atoms with van der Waals surface area (Å²) in [6, 6.07) is 37.3. The van der Waals surface area contributed by atoms with E-state index in [0.29, 0.717) is 0 Å². The molecule has 5 aromatic carbocycles. The number of benzene rings is 5. The lowest BCUT2D eigenvalue weighted by molar-refractivity contribution is 1.47. The van der Waals surface area contributed by atoms with Crippen LogP contribution in [0, 0.1) is 6.92 Å². The Morgan fingerprint density at radius 1 is 0.444 bits per heavy atom. The molecule has 0 spiro atoms. The SMILES string of the molecule is Cc1ccc(-c2ccc3c(-c4ccccc4)cc4ccccc4c3c2)cc1. The molecule has 0 aliphatic rings. The molecule has 5 aromatic rings. The van der Waals surface area contributed by atoms with Gasteiger partial charge in [-0.25, -0.2) is 0 Å². The van der Waals surface area contributed by atoms with E-state index < -0.39 is 0 Å². The first kappa shape index (κ1) is 15.8. The largest absolute Gasteiger partial charge is 0.0622 e. The Hall–Kier alpha value is -3.38. The fourth-order valence-electron chi connectivity index (χ4n) is 3.89. The molecular weight excluding hydrogens is 324 g/mol. The second-order valence-corrected chi connectivity index (χ2v) is 7.14. The molecule has 0 bridgehead atoms. The van der Waals surface area contributed by atoms with E-state index in [2.05, 4.69) is 110 Å². The van der Waals surface area contributed by atoms with E-state index in [9.17, 15) is 0 Å². The van der Waals surface area contributed by atoms with Crippen LogP contribution in [0.1, 0.15) is 5.56 Å². The highest BCUT2D eigenvalue weighted by Gasteiger charge is 2.10. The molecule has 0 amide bonds. The fraction of sp³-hybridized carbons (Fsp3) is 0.0370. The monoisotopic (exact) mass is 344 g/mol. The summed E-state index contributed by atoms with van der Waals surface area (Å²) in [7, 11) is 0. The molecule has 128 valence electrons. The highest BCUT2D eigenvalue weighted by molar-refractivity contribution is 6.14. The summed E-state index contributed by atoms with van der Waals surface area (Å²) in [5.41, 5.74) is 6.36. The summed E-state index contributed by atoms with van der Waals surface area (Å²) in [4.78, 5) is 0. The first-order valence-electron chi connectivity index (χ1n) is 9.37. The topological polar surface area (TPSA) is 0 Å². The average Bonchev–Trinajstić information content (AvgIpc) is 2.74. The molecule has 0 N–H and O–H groups in total. The van der Waals surface area contributed by atoms with E-state index in [1.165, 1.54) is 49.4 Å². The van der Waals surface area contributed by atoms with Gasteiger partial charge in [-0.3, -0.25) is 0 Å². The first-order valence-corrected chi connectivity index (χ1v) is 9.37. The van der Waals surface area contributed by atoms with Gasteiger partial charge in [0, 0.05) is 0 Å². The van der Waals surface area contributed by atoms with Crippen LogP contribution in [-0.2, 0) is 0 Å². The second-order valence-electron chi connectivity index (χ2n) is 7.14. The zero-order chi connectivity index (χ0) is 18.2. The number of aryl methyl sites for hydroxylation is 1. The zero-order valence-electron chi connectivity index (χ0n) is 15.3. The molecule has 0 aliphatic carbocycles. The van der Waals surface area contributed by atoms with E-state index in [1.807, 2.05) is 0 Å². The van der Waals surface area contributed by atoms with Gasteiger partial charge in [0.15, 0.2) is 0 Å². The summed E-state index contributed by atoms with van der Waals surface area (Å²) in [6.07, 6.45) is 0. The van der Waals surface area contributed by atoms with Crippen LogP contribution in [0.2, 0.25) is 0 Å². The zero-order valence-corrected chi connectivity index (χ0v) is 15.3. The first-order chi connectivity index (χ1) is 13.3. The van der Waals surface area contributed by atoms with Crippen molar-refractivity contribution in [2.75, 3.05) is 0 Å². The Morgan fingerprint density at radius 2 is 1.15 bits per heavy atom. The van der Waals surface area contributed by atoms with Gasteiger partial charge in [-0.2, -0.15) is 0 Å². The molecule has 5 rings (SSSR count). The van der Waals surface area contributed by atoms with E-state index in [1.54, 1.807) is 0 Å². The standard InChI is InChI=1S/C27H20/c1-19-11-13-20(14-12-19)22-15-16-25-26(21-7-3-2-4-8-21)18-23-9-5-6-10-24(23)27(25)17-22/h2-18H,1H3. The van der Waals surface area contributed by atoms with Crippen LogP contribution in [0.3, 0.4) is 0 Å². The van der Waals surface area contributed by atoms with Gasteiger partial charge in [0.25, 0.3) is 0 Å². The summed E-state index contributed by atoms with van der Waals surface area (Å²) < 4.78 is 0. The molecule has 0 radical (unpaired) electrons. The smallest absolute Gasteiger partial charge is 0.00930 e. The minimum absolute atomic E-state index is 1.26. The van der Waals surface area contributed by atoms with Crippen molar-refractivity contribution in [3.05, 3.63) is 109 Å². The van der Waals surface area contributed by atoms with Crippen LogP contribution in [0.25, 0.3) is 43.8 Å². The van der Waals surface area contributed by atoms with Gasteiger partial charge in [-0.15, -0.1) is 0 Å². The Balaban J connectivity index is 1.83. The molecule has 0 saturated carbocycles. The molecule has 0 atom stereocenters. The number of rotatable bonds is 2. The molecule has 27 heavy (non-hydrogen) atoms. The maximum Gasteiger partial charge on any atom is -0.00930 e. The van der Waals surface area contributed by atoms with E-state index >= 15 is 0 Å². The Labute approximate surface area is 159 Å². The predicted octanol–water partition coefficient (Wildman–Crippen LogP) is 7.64. The van der Waals surface area contributed by atoms with Crippen molar-refractivity contribution in [1.29, 1.82) is 0 Å². The van der Waals surface area contributed by atoms with Crippen molar-refractivity contribution in [3.8, 4) is 22.3 Å². The van der Waals surface area contributed by atoms with E-state index in [4.69, 9.17) is 0 Å². The molecule has 0 aliphatic heterocycles. The van der Waals surface area contributed by atoms with Gasteiger partial charge < -0.3 is 0 Å². The summed E-state index contributed by atoms with van der Waals surface area (Å²) in [6.45, 7) is 2.13. The minimum atomic E-state index is 1.26. The minimum Gasteiger partial charge on any atom is -0.0622 e. The summed E-state index contributed by atoms with van der Waals surface area (Å²) in [5, 5.41) is 5.20. The summed E-state index contributed by atoms with van der Waals surface area (Å²) in [5.74, 6) is 0. The number of hydrogen-bond donors (Lipinski definition) is 0. The highest BCUT2D eigenvalue weighted by atomic mass is 14.1. The van der Waals surface area contributed by atoms with Gasteiger partial charge in [0.1, 0.15) is 0 Å². The van der Waals surface area contributed by atoms with Crippen LogP contribution < -0.4 is 0 Å². The van der Waals surface area contributed by atoms with Crippen LogP contribution in [0.4, 0.5) is 0 Å². The average molecular weight is 344 g/mol. The summed E-state index contributed by atoms with van der Waals surface area (Å²) >= 11 is 0. The molecule has 0 unspecified atom stereocenters. The van der Waals surface area contributed by atoms with Crippen molar-refractivity contribution >= 4 is 21.5 Å². The van der Waals surface area contributed by atoms with Crippen molar-refractivity contribution < 1.29 is 0 Å². The third-order valence-corrected chi connectivity index (χ3v) is 5.33. The maximum absolute atomic E-state index is 2.34. The number of fused-ring (bicyclic) bond motifs is 3. The van der Waals surface area contributed by atoms with Crippen molar-refractivity contribution in [1.82, 2.24) is 0 Å². The van der Waals surface area contributed by atoms with E-state index in [0.717, 1.165) is 0 Å². The quantitative estimate of drug-likeness (QED) is 0.289. The van der Waals surface area contributed by atoms with Crippen LogP contribution >= 0.6 is 0 Å². The van der Waals surface area contributed by atoms with Gasteiger partial charge in [-0.05, 0) is 62.9 Å². The third kappa shape index (κ3) is 2.80. The van der Waals surface area contributed by atoms with Gasteiger partial charge in [0.2, 0.25) is 0 Å². The van der Waals surface area contributed by atoms with Crippen LogP contribution in [-0.4, -0.2) is 0 Å². The molecule has 0 aromatic heterocycles. The molecular formula is C27H20. The maximum atomic E-state index is 2.34. The van der Waals surface area contributed by atoms with Crippen LogP contribution in [0.5, 0.6) is 0 Å². The Kier molecular flexibility index (Phi) is 3.76. The lowest BCUT2D eigenvalue weighted by Gasteiger charge is -2.13. The lowest BCUT2D eigenvalue weighted by Crippen LogP contribution is -1.86. The lowest BCUT2D eigenvalue weighted by atomic mass is 9.91. The van der Waals surface area contributed by atoms with Crippen molar-refractivity contribution in [3.63, 3.8) is 0 Å². The van der Waals surface area contributed by atoms with Gasteiger partial charge in [0.05, 0.1) is 0 Å². The van der Waals surface area contributed by atoms with E-state index in [-0.39, 0.29) is 0 Å². The van der Waals surface area contributed by atoms with Crippen molar-refractivity contribution in [2.24, 2.45) is 0 Å². The molecule has 0 saturated heterocycles. The highest BCUT2D eigenvalue weighted by Crippen LogP contribution is 2.37. The third-order valence-electron chi connectivity index (χ3n) is 5.33. The molecule has 0 nitrogen and oxygen atoms in total. The molecule has 0 fully saturated rings. The Bertz CT molecular complexity index is 1250. The molecule has 0 heteroatoms. The fourth-order valence-corrected chi connectivity index (χ4v) is 3.89. The normalized spacial score (nSPS) is 11.1. The number of hydrogen-bond acceptors (Lipinski definition) is 0. The van der Waals surface area contributed by atoms with Crippen molar-refractivity contribution in [2.45, 2.75) is 6.92 Å². The van der Waals surface area contributed by atoms with Gasteiger partial charge >= 0.3 is 0 Å². The Morgan fingerprint density at radius 3 is 1.96 bits per heavy atom. The van der Waals surface area contributed by atoms with Gasteiger partial charge in [-0.1, -0.05) is 96.6 Å². The molecule has 0 heterocycles. The van der Waals surface area contributed by atoms with Crippen LogP contribution in [0.15, 0.2) is 103 Å².